The SMILES string of the molecule is Cc1cccnc1CC(=O)NCCCC(=O)O. The first kappa shape index (κ1) is 13.2. The Bertz CT molecular complexity index is 404. The highest BCUT2D eigenvalue weighted by Gasteiger charge is 2.06. The number of aliphatic carboxylic acids is 1. The minimum absolute atomic E-state index is 0.0723. The molecule has 0 aliphatic carbocycles. The molecule has 92 valence electrons. The standard InChI is InChI=1S/C12H16N2O3/c1-9-4-2-6-13-10(9)8-11(15)14-7-3-5-12(16)17/h2,4,6H,3,5,7-8H2,1H3,(H,14,15)(H,16,17). The fourth-order valence-electron chi connectivity index (χ4n) is 1.39. The van der Waals surface area contributed by atoms with Gasteiger partial charge in [0, 0.05) is 19.2 Å². The molecule has 5 nitrogen and oxygen atoms in total. The topological polar surface area (TPSA) is 79.3 Å². The summed E-state index contributed by atoms with van der Waals surface area (Å²) in [5, 5.41) is 11.1. The van der Waals surface area contributed by atoms with Gasteiger partial charge < -0.3 is 10.4 Å². The third kappa shape index (κ3) is 5.10. The molecule has 0 bridgehead atoms. The van der Waals surface area contributed by atoms with E-state index in [1.165, 1.54) is 0 Å². The van der Waals surface area contributed by atoms with E-state index in [4.69, 9.17) is 5.11 Å². The highest BCUT2D eigenvalue weighted by Crippen LogP contribution is 2.03. The molecular formula is C12H16N2O3. The van der Waals surface area contributed by atoms with Crippen molar-refractivity contribution in [3.8, 4) is 0 Å². The first-order valence-electron chi connectivity index (χ1n) is 5.48. The number of carboxylic acid groups (broad SMARTS) is 1. The van der Waals surface area contributed by atoms with E-state index < -0.39 is 5.97 Å². The van der Waals surface area contributed by atoms with Crippen LogP contribution in [0.4, 0.5) is 0 Å². The summed E-state index contributed by atoms with van der Waals surface area (Å²) in [6, 6.07) is 3.73. The van der Waals surface area contributed by atoms with Gasteiger partial charge in [0.25, 0.3) is 0 Å². The van der Waals surface area contributed by atoms with E-state index in [0.29, 0.717) is 13.0 Å². The number of carboxylic acids is 1. The summed E-state index contributed by atoms with van der Waals surface area (Å²) in [5.41, 5.74) is 1.73. The smallest absolute Gasteiger partial charge is 0.303 e. The van der Waals surface area contributed by atoms with Crippen molar-refractivity contribution in [2.75, 3.05) is 6.54 Å². The Morgan fingerprint density at radius 2 is 2.24 bits per heavy atom. The zero-order chi connectivity index (χ0) is 12.7. The fourth-order valence-corrected chi connectivity index (χ4v) is 1.39. The number of hydrogen-bond acceptors (Lipinski definition) is 3. The number of rotatable bonds is 6. The summed E-state index contributed by atoms with van der Waals surface area (Å²) in [7, 11) is 0. The third-order valence-corrected chi connectivity index (χ3v) is 2.34. The van der Waals surface area contributed by atoms with Crippen molar-refractivity contribution in [1.82, 2.24) is 10.3 Å². The lowest BCUT2D eigenvalue weighted by atomic mass is 10.1. The quantitative estimate of drug-likeness (QED) is 0.720. The Labute approximate surface area is 99.9 Å². The molecule has 0 spiro atoms. The van der Waals surface area contributed by atoms with Crippen molar-refractivity contribution < 1.29 is 14.7 Å². The monoisotopic (exact) mass is 236 g/mol. The second kappa shape index (κ2) is 6.62. The second-order valence-corrected chi connectivity index (χ2v) is 3.79. The van der Waals surface area contributed by atoms with Crippen molar-refractivity contribution in [2.45, 2.75) is 26.2 Å². The Morgan fingerprint density at radius 1 is 1.47 bits per heavy atom. The summed E-state index contributed by atoms with van der Waals surface area (Å²) >= 11 is 0. The molecule has 0 aliphatic rings. The van der Waals surface area contributed by atoms with E-state index in [1.807, 2.05) is 19.1 Å². The van der Waals surface area contributed by atoms with E-state index in [1.54, 1.807) is 6.20 Å². The van der Waals surface area contributed by atoms with Crippen LogP contribution in [-0.4, -0.2) is 28.5 Å². The zero-order valence-corrected chi connectivity index (χ0v) is 9.77. The van der Waals surface area contributed by atoms with Gasteiger partial charge in [-0.15, -0.1) is 0 Å². The maximum absolute atomic E-state index is 11.5. The van der Waals surface area contributed by atoms with Crippen LogP contribution in [-0.2, 0) is 16.0 Å². The van der Waals surface area contributed by atoms with Crippen LogP contribution >= 0.6 is 0 Å². The molecule has 0 radical (unpaired) electrons. The normalized spacial score (nSPS) is 9.94. The summed E-state index contributed by atoms with van der Waals surface area (Å²) in [6.45, 7) is 2.29. The number of carbonyl (C=O) groups excluding carboxylic acids is 1. The van der Waals surface area contributed by atoms with E-state index in [9.17, 15) is 9.59 Å². The lowest BCUT2D eigenvalue weighted by Crippen LogP contribution is -2.27. The molecule has 5 heteroatoms. The van der Waals surface area contributed by atoms with Crippen LogP contribution in [0.25, 0.3) is 0 Å². The largest absolute Gasteiger partial charge is 0.481 e. The lowest BCUT2D eigenvalue weighted by Gasteiger charge is -2.05. The molecule has 2 N–H and O–H groups in total. The Morgan fingerprint density at radius 3 is 2.88 bits per heavy atom. The minimum Gasteiger partial charge on any atom is -0.481 e. The van der Waals surface area contributed by atoms with Crippen LogP contribution in [0, 0.1) is 6.92 Å². The first-order chi connectivity index (χ1) is 8.09. The molecule has 1 rings (SSSR count). The number of pyridine rings is 1. The number of carbonyl (C=O) groups is 2. The molecule has 1 aromatic rings. The molecule has 17 heavy (non-hydrogen) atoms. The van der Waals surface area contributed by atoms with Crippen LogP contribution in [0.2, 0.25) is 0 Å². The van der Waals surface area contributed by atoms with Crippen LogP contribution in [0.15, 0.2) is 18.3 Å². The van der Waals surface area contributed by atoms with Crippen LogP contribution in [0.1, 0.15) is 24.1 Å². The van der Waals surface area contributed by atoms with Crippen molar-refractivity contribution >= 4 is 11.9 Å². The maximum atomic E-state index is 11.5. The number of aryl methyl sites for hydroxylation is 1. The zero-order valence-electron chi connectivity index (χ0n) is 9.77. The number of amides is 1. The predicted molar refractivity (Wildman–Crippen MR) is 62.6 cm³/mol. The second-order valence-electron chi connectivity index (χ2n) is 3.79. The van der Waals surface area contributed by atoms with E-state index in [-0.39, 0.29) is 18.7 Å². The highest BCUT2D eigenvalue weighted by atomic mass is 16.4. The first-order valence-corrected chi connectivity index (χ1v) is 5.48. The van der Waals surface area contributed by atoms with Crippen molar-refractivity contribution in [3.63, 3.8) is 0 Å². The minimum atomic E-state index is -0.847. The Kier molecular flexibility index (Phi) is 5.13. The molecule has 0 saturated heterocycles. The molecule has 1 aromatic heterocycles. The van der Waals surface area contributed by atoms with Crippen molar-refractivity contribution in [2.24, 2.45) is 0 Å². The maximum Gasteiger partial charge on any atom is 0.303 e. The fraction of sp³-hybridized carbons (Fsp3) is 0.417. The van der Waals surface area contributed by atoms with Gasteiger partial charge >= 0.3 is 5.97 Å². The average molecular weight is 236 g/mol. The van der Waals surface area contributed by atoms with Gasteiger partial charge in [0.1, 0.15) is 0 Å². The Balaban J connectivity index is 2.30. The van der Waals surface area contributed by atoms with Gasteiger partial charge in [0.2, 0.25) is 5.91 Å². The predicted octanol–water partition coefficient (Wildman–Crippen LogP) is 0.914. The van der Waals surface area contributed by atoms with Gasteiger partial charge in [-0.2, -0.15) is 0 Å². The van der Waals surface area contributed by atoms with Crippen molar-refractivity contribution in [3.05, 3.63) is 29.6 Å². The average Bonchev–Trinajstić information content (AvgIpc) is 2.27. The summed E-state index contributed by atoms with van der Waals surface area (Å²) < 4.78 is 0. The van der Waals surface area contributed by atoms with E-state index in [0.717, 1.165) is 11.3 Å². The summed E-state index contributed by atoms with van der Waals surface area (Å²) in [6.07, 6.45) is 2.41. The molecule has 0 unspecified atom stereocenters. The van der Waals surface area contributed by atoms with E-state index in [2.05, 4.69) is 10.3 Å². The Hall–Kier alpha value is -1.91. The number of hydrogen-bond donors (Lipinski definition) is 2. The molecule has 0 aliphatic heterocycles. The molecule has 1 heterocycles. The van der Waals surface area contributed by atoms with Gasteiger partial charge in [0.05, 0.1) is 12.1 Å². The molecule has 0 atom stereocenters. The van der Waals surface area contributed by atoms with Crippen LogP contribution in [0.3, 0.4) is 0 Å². The molecule has 0 aromatic carbocycles. The number of nitrogens with zero attached hydrogens (tertiary/aromatic N) is 1. The summed E-state index contributed by atoms with van der Waals surface area (Å²) in [4.78, 5) is 25.9. The van der Waals surface area contributed by atoms with Crippen LogP contribution < -0.4 is 5.32 Å². The third-order valence-electron chi connectivity index (χ3n) is 2.34. The van der Waals surface area contributed by atoms with Crippen molar-refractivity contribution in [1.29, 1.82) is 0 Å². The molecule has 0 fully saturated rings. The molecule has 0 saturated carbocycles. The molecule has 1 amide bonds. The van der Waals surface area contributed by atoms with Crippen LogP contribution in [0.5, 0.6) is 0 Å². The van der Waals surface area contributed by atoms with Gasteiger partial charge in [-0.05, 0) is 25.0 Å². The number of aromatic nitrogens is 1. The highest BCUT2D eigenvalue weighted by molar-refractivity contribution is 5.78. The van der Waals surface area contributed by atoms with Gasteiger partial charge in [-0.25, -0.2) is 0 Å². The molecular weight excluding hydrogens is 220 g/mol. The van der Waals surface area contributed by atoms with Gasteiger partial charge in [0.15, 0.2) is 0 Å². The van der Waals surface area contributed by atoms with Gasteiger partial charge in [-0.1, -0.05) is 6.07 Å². The number of nitrogens with one attached hydrogen (secondary N) is 1. The van der Waals surface area contributed by atoms with Gasteiger partial charge in [-0.3, -0.25) is 14.6 Å². The summed E-state index contributed by atoms with van der Waals surface area (Å²) in [5.74, 6) is -0.975. The van der Waals surface area contributed by atoms with E-state index >= 15 is 0 Å². The lowest BCUT2D eigenvalue weighted by molar-refractivity contribution is -0.137.